The van der Waals surface area contributed by atoms with E-state index >= 15 is 0 Å². The molecule has 0 spiro atoms. The van der Waals surface area contributed by atoms with Gasteiger partial charge in [0.25, 0.3) is 0 Å². The van der Waals surface area contributed by atoms with Crippen LogP contribution in [0.1, 0.15) is 19.4 Å². The van der Waals surface area contributed by atoms with Crippen molar-refractivity contribution in [3.8, 4) is 5.75 Å². The molecule has 18 heavy (non-hydrogen) atoms. The predicted octanol–water partition coefficient (Wildman–Crippen LogP) is 2.36. The summed E-state index contributed by atoms with van der Waals surface area (Å²) in [6.45, 7) is 4.88. The fourth-order valence-electron chi connectivity index (χ4n) is 1.17. The molecule has 0 bridgehead atoms. The number of ether oxygens (including phenoxy) is 2. The minimum atomic E-state index is -0.415. The van der Waals surface area contributed by atoms with Crippen LogP contribution < -0.4 is 4.74 Å². The third-order valence-electron chi connectivity index (χ3n) is 2.22. The quantitative estimate of drug-likeness (QED) is 0.608. The molecule has 5 nitrogen and oxygen atoms in total. The lowest BCUT2D eigenvalue weighted by Crippen LogP contribution is -2.23. The number of esters is 1. The van der Waals surface area contributed by atoms with Crippen molar-refractivity contribution in [2.24, 2.45) is 0 Å². The maximum absolute atomic E-state index is 11.4. The van der Waals surface area contributed by atoms with Gasteiger partial charge in [0.15, 0.2) is 0 Å². The molecule has 1 aromatic carbocycles. The van der Waals surface area contributed by atoms with E-state index in [0.717, 1.165) is 5.56 Å². The molecule has 1 rings (SSSR count). The molecule has 0 aliphatic rings. The van der Waals surface area contributed by atoms with Crippen LogP contribution in [0.15, 0.2) is 24.3 Å². The Kier molecular flexibility index (Phi) is 5.17. The highest BCUT2D eigenvalue weighted by Gasteiger charge is 2.07. The normalized spacial score (nSPS) is 9.72. The first-order valence-electron chi connectivity index (χ1n) is 5.49. The minimum Gasteiger partial charge on any atom is -0.445 e. The molecule has 1 amide bonds. The van der Waals surface area contributed by atoms with E-state index in [1.807, 2.05) is 0 Å². The van der Waals surface area contributed by atoms with Gasteiger partial charge in [0.1, 0.15) is 12.4 Å². The van der Waals surface area contributed by atoms with Gasteiger partial charge in [-0.15, -0.1) is 0 Å². The average molecular weight is 250 g/mol. The van der Waals surface area contributed by atoms with Gasteiger partial charge >= 0.3 is 12.1 Å². The summed E-state index contributed by atoms with van der Waals surface area (Å²) in [5.41, 5.74) is 0.823. The van der Waals surface area contributed by atoms with E-state index in [1.54, 1.807) is 44.8 Å². The summed E-state index contributed by atoms with van der Waals surface area (Å²) < 4.78 is 9.94. The van der Waals surface area contributed by atoms with Gasteiger partial charge in [-0.3, -0.25) is 4.79 Å². The molecule has 0 aliphatic carbocycles. The van der Waals surface area contributed by atoms with E-state index in [1.165, 1.54) is 11.8 Å². The lowest BCUT2D eigenvalue weighted by molar-refractivity contribution is -0.131. The highest BCUT2D eigenvalue weighted by molar-refractivity contribution is 5.69. The average Bonchev–Trinajstić information content (AvgIpc) is 2.36. The second kappa shape index (κ2) is 6.64. The van der Waals surface area contributed by atoms with Crippen LogP contribution in [-0.4, -0.2) is 24.0 Å². The lowest BCUT2D eigenvalue weighted by Gasteiger charge is -2.13. The molecule has 0 atom stereocenters. The Morgan fingerprint density at radius 3 is 2.39 bits per heavy atom. The van der Waals surface area contributed by atoms with Gasteiger partial charge in [0.05, 0.1) is 6.54 Å². The van der Waals surface area contributed by atoms with Gasteiger partial charge < -0.3 is 14.4 Å². The van der Waals surface area contributed by atoms with E-state index in [-0.39, 0.29) is 12.6 Å². The van der Waals surface area contributed by atoms with Crippen LogP contribution in [0.5, 0.6) is 5.75 Å². The number of hydrogen-bond acceptors (Lipinski definition) is 4. The summed E-state index contributed by atoms with van der Waals surface area (Å²) >= 11 is 0. The van der Waals surface area contributed by atoms with Crippen LogP contribution in [0.3, 0.4) is 0 Å². The zero-order chi connectivity index (χ0) is 13.5. The SMILES string of the molecule is C[CH]N(C)C(=O)OCc1ccc(OC(C)=O)cc1. The highest BCUT2D eigenvalue weighted by atomic mass is 16.6. The number of carbonyl (C=O) groups is 2. The molecule has 0 saturated carbocycles. The Hall–Kier alpha value is -2.04. The van der Waals surface area contributed by atoms with Crippen LogP contribution in [-0.2, 0) is 16.1 Å². The summed E-state index contributed by atoms with van der Waals surface area (Å²) in [5.74, 6) is 0.103. The fourth-order valence-corrected chi connectivity index (χ4v) is 1.17. The van der Waals surface area contributed by atoms with Crippen LogP contribution in [0.2, 0.25) is 0 Å². The van der Waals surface area contributed by atoms with Gasteiger partial charge in [-0.2, -0.15) is 0 Å². The van der Waals surface area contributed by atoms with Gasteiger partial charge in [-0.25, -0.2) is 4.79 Å². The van der Waals surface area contributed by atoms with Crippen molar-refractivity contribution < 1.29 is 19.1 Å². The van der Waals surface area contributed by atoms with E-state index in [9.17, 15) is 9.59 Å². The predicted molar refractivity (Wildman–Crippen MR) is 65.7 cm³/mol. The smallest absolute Gasteiger partial charge is 0.410 e. The second-order valence-electron chi connectivity index (χ2n) is 3.66. The first kappa shape index (κ1) is 14.0. The number of carbonyl (C=O) groups excluding carboxylic acids is 2. The topological polar surface area (TPSA) is 55.8 Å². The first-order chi connectivity index (χ1) is 8.52. The number of hydrogen-bond donors (Lipinski definition) is 0. The Labute approximate surface area is 106 Å². The Bertz CT molecular complexity index is 414. The summed E-state index contributed by atoms with van der Waals surface area (Å²) in [6, 6.07) is 6.78. The molecule has 0 aromatic heterocycles. The van der Waals surface area contributed by atoms with E-state index in [4.69, 9.17) is 9.47 Å². The summed E-state index contributed by atoms with van der Waals surface area (Å²) in [5, 5.41) is 0. The van der Waals surface area contributed by atoms with Crippen molar-refractivity contribution in [1.29, 1.82) is 0 Å². The van der Waals surface area contributed by atoms with Gasteiger partial charge in [0, 0.05) is 14.0 Å². The van der Waals surface area contributed by atoms with Crippen molar-refractivity contribution >= 4 is 12.1 Å². The molecule has 97 valence electrons. The third-order valence-corrected chi connectivity index (χ3v) is 2.22. The molecule has 0 fully saturated rings. The fraction of sp³-hybridized carbons (Fsp3) is 0.308. The zero-order valence-corrected chi connectivity index (χ0v) is 10.7. The van der Waals surface area contributed by atoms with Crippen LogP contribution in [0, 0.1) is 6.54 Å². The minimum absolute atomic E-state index is 0.178. The van der Waals surface area contributed by atoms with E-state index in [2.05, 4.69) is 0 Å². The Morgan fingerprint density at radius 1 is 1.28 bits per heavy atom. The number of amides is 1. The molecule has 5 heteroatoms. The number of rotatable bonds is 4. The summed E-state index contributed by atoms with van der Waals surface area (Å²) in [7, 11) is 1.62. The molecule has 0 saturated heterocycles. The largest absolute Gasteiger partial charge is 0.445 e. The Balaban J connectivity index is 2.49. The van der Waals surface area contributed by atoms with Crippen molar-refractivity contribution in [1.82, 2.24) is 4.90 Å². The summed E-state index contributed by atoms with van der Waals surface area (Å²) in [6.07, 6.45) is -0.415. The lowest BCUT2D eigenvalue weighted by atomic mass is 10.2. The van der Waals surface area contributed by atoms with Crippen molar-refractivity contribution in [2.45, 2.75) is 20.5 Å². The third kappa shape index (κ3) is 4.45. The maximum atomic E-state index is 11.4. The van der Waals surface area contributed by atoms with Gasteiger partial charge in [-0.1, -0.05) is 12.1 Å². The first-order valence-corrected chi connectivity index (χ1v) is 5.49. The van der Waals surface area contributed by atoms with E-state index in [0.29, 0.717) is 5.75 Å². The molecule has 1 radical (unpaired) electrons. The zero-order valence-electron chi connectivity index (χ0n) is 10.7. The van der Waals surface area contributed by atoms with E-state index < -0.39 is 6.09 Å². The van der Waals surface area contributed by atoms with Gasteiger partial charge in [-0.05, 0) is 24.6 Å². The second-order valence-corrected chi connectivity index (χ2v) is 3.66. The van der Waals surface area contributed by atoms with Crippen molar-refractivity contribution in [3.05, 3.63) is 36.4 Å². The number of nitrogens with zero attached hydrogens (tertiary/aromatic N) is 1. The van der Waals surface area contributed by atoms with Crippen LogP contribution >= 0.6 is 0 Å². The highest BCUT2D eigenvalue weighted by Crippen LogP contribution is 2.13. The molecular formula is C13H16NO4. The van der Waals surface area contributed by atoms with Crippen molar-refractivity contribution in [3.63, 3.8) is 0 Å². The number of benzene rings is 1. The summed E-state index contributed by atoms with van der Waals surface area (Å²) in [4.78, 5) is 23.4. The maximum Gasteiger partial charge on any atom is 0.410 e. The molecule has 0 unspecified atom stereocenters. The molecule has 0 heterocycles. The van der Waals surface area contributed by atoms with Gasteiger partial charge in [0.2, 0.25) is 0 Å². The van der Waals surface area contributed by atoms with Crippen LogP contribution in [0.25, 0.3) is 0 Å². The van der Waals surface area contributed by atoms with Crippen LogP contribution in [0.4, 0.5) is 4.79 Å². The molecule has 1 aromatic rings. The monoisotopic (exact) mass is 250 g/mol. The van der Waals surface area contributed by atoms with Crippen molar-refractivity contribution in [2.75, 3.05) is 7.05 Å². The Morgan fingerprint density at radius 2 is 1.89 bits per heavy atom. The standard InChI is InChI=1S/C13H16NO4/c1-4-14(3)13(16)17-9-11-5-7-12(8-6-11)18-10(2)15/h4-8H,9H2,1-3H3. The molecular weight excluding hydrogens is 234 g/mol. The molecule has 0 aliphatic heterocycles. The molecule has 0 N–H and O–H groups in total.